The first kappa shape index (κ1) is 15.4. The second-order valence-electron chi connectivity index (χ2n) is 4.94. The Kier molecular flexibility index (Phi) is 4.32. The summed E-state index contributed by atoms with van der Waals surface area (Å²) < 4.78 is 6.94. The quantitative estimate of drug-likeness (QED) is 0.652. The van der Waals surface area contributed by atoms with E-state index in [-0.39, 0.29) is 24.3 Å². The molecule has 0 saturated carbocycles. The van der Waals surface area contributed by atoms with Crippen molar-refractivity contribution in [2.24, 2.45) is 0 Å². The maximum atomic E-state index is 12.0. The van der Waals surface area contributed by atoms with E-state index < -0.39 is 5.97 Å². The molecule has 2 heterocycles. The molecule has 3 rings (SSSR count). The predicted octanol–water partition coefficient (Wildman–Crippen LogP) is 0.638. The third-order valence-electron chi connectivity index (χ3n) is 3.14. The van der Waals surface area contributed by atoms with E-state index in [1.165, 1.54) is 0 Å². The number of benzene rings is 1. The largest absolute Gasteiger partial charge is 0.454 e. The Bertz CT molecular complexity index is 811. The summed E-state index contributed by atoms with van der Waals surface area (Å²) in [6.45, 7) is 0.497. The summed E-state index contributed by atoms with van der Waals surface area (Å²) in [5.41, 5.74) is 12.4. The van der Waals surface area contributed by atoms with Crippen LogP contribution in [0.2, 0.25) is 0 Å². The Labute approximate surface area is 137 Å². The number of hydrogen-bond donors (Lipinski definition) is 2. The Hall–Kier alpha value is -3.49. The summed E-state index contributed by atoms with van der Waals surface area (Å²) in [5, 5.41) is 4.13. The molecule has 4 N–H and O–H groups in total. The molecule has 1 aromatic carbocycles. The lowest BCUT2D eigenvalue weighted by molar-refractivity contribution is 0.0462. The van der Waals surface area contributed by atoms with Crippen LogP contribution in [0.5, 0.6) is 0 Å². The van der Waals surface area contributed by atoms with Gasteiger partial charge in [-0.15, -0.1) is 0 Å². The molecule has 2 aromatic heterocycles. The molecule has 0 aliphatic carbocycles. The van der Waals surface area contributed by atoms with Crippen molar-refractivity contribution < 1.29 is 9.53 Å². The first-order valence-electron chi connectivity index (χ1n) is 7.09. The zero-order valence-corrected chi connectivity index (χ0v) is 12.7. The van der Waals surface area contributed by atoms with Crippen molar-refractivity contribution in [2.75, 3.05) is 11.5 Å². The molecule has 0 spiro atoms. The number of esters is 1. The van der Waals surface area contributed by atoms with Crippen LogP contribution in [0.15, 0.2) is 42.7 Å². The second-order valence-corrected chi connectivity index (χ2v) is 4.94. The summed E-state index contributed by atoms with van der Waals surface area (Å²) in [7, 11) is 0. The molecule has 0 amide bonds. The van der Waals surface area contributed by atoms with Crippen LogP contribution in [0.3, 0.4) is 0 Å². The molecule has 0 unspecified atom stereocenters. The van der Waals surface area contributed by atoms with Gasteiger partial charge in [0.1, 0.15) is 0 Å². The number of nitrogens with zero attached hydrogens (tertiary/aromatic N) is 5. The number of hydrogen-bond acceptors (Lipinski definition) is 8. The van der Waals surface area contributed by atoms with Gasteiger partial charge in [-0.1, -0.05) is 12.1 Å². The van der Waals surface area contributed by atoms with Gasteiger partial charge in [-0.3, -0.25) is 4.68 Å². The van der Waals surface area contributed by atoms with Gasteiger partial charge in [0.2, 0.25) is 11.9 Å². The molecule has 0 aliphatic heterocycles. The fourth-order valence-electron chi connectivity index (χ4n) is 2.06. The number of anilines is 2. The maximum Gasteiger partial charge on any atom is 0.338 e. The Balaban J connectivity index is 1.60. The van der Waals surface area contributed by atoms with Gasteiger partial charge < -0.3 is 16.2 Å². The first-order valence-corrected chi connectivity index (χ1v) is 7.09. The van der Waals surface area contributed by atoms with Crippen LogP contribution in [0.4, 0.5) is 11.9 Å². The smallest absolute Gasteiger partial charge is 0.338 e. The van der Waals surface area contributed by atoms with Gasteiger partial charge in [-0.05, 0) is 23.8 Å². The molecule has 24 heavy (non-hydrogen) atoms. The normalized spacial score (nSPS) is 10.5. The minimum atomic E-state index is -0.488. The monoisotopic (exact) mass is 325 g/mol. The van der Waals surface area contributed by atoms with E-state index in [2.05, 4.69) is 20.1 Å². The summed E-state index contributed by atoms with van der Waals surface area (Å²) in [6.07, 6.45) is 3.58. The van der Waals surface area contributed by atoms with Crippen LogP contribution in [0, 0.1) is 0 Å². The fourth-order valence-corrected chi connectivity index (χ4v) is 2.06. The highest BCUT2D eigenvalue weighted by molar-refractivity contribution is 5.89. The van der Waals surface area contributed by atoms with E-state index in [1.54, 1.807) is 23.0 Å². The van der Waals surface area contributed by atoms with E-state index in [0.717, 1.165) is 5.56 Å². The Morgan fingerprint density at radius 3 is 2.42 bits per heavy atom. The van der Waals surface area contributed by atoms with Crippen LogP contribution in [-0.2, 0) is 17.9 Å². The number of rotatable bonds is 5. The van der Waals surface area contributed by atoms with Gasteiger partial charge in [-0.2, -0.15) is 20.1 Å². The van der Waals surface area contributed by atoms with Crippen molar-refractivity contribution >= 4 is 17.9 Å². The molecule has 0 aliphatic rings. The Morgan fingerprint density at radius 2 is 1.79 bits per heavy atom. The van der Waals surface area contributed by atoms with Crippen LogP contribution in [-0.4, -0.2) is 30.7 Å². The van der Waals surface area contributed by atoms with E-state index >= 15 is 0 Å². The van der Waals surface area contributed by atoms with Crippen molar-refractivity contribution in [3.63, 3.8) is 0 Å². The molecule has 0 bridgehead atoms. The Morgan fingerprint density at radius 1 is 1.08 bits per heavy atom. The zero-order chi connectivity index (χ0) is 16.9. The maximum absolute atomic E-state index is 12.0. The summed E-state index contributed by atoms with van der Waals surface area (Å²) in [6, 6.07) is 8.93. The van der Waals surface area contributed by atoms with E-state index in [0.29, 0.717) is 12.1 Å². The predicted molar refractivity (Wildman–Crippen MR) is 85.5 cm³/mol. The van der Waals surface area contributed by atoms with Crippen LogP contribution in [0.1, 0.15) is 21.7 Å². The summed E-state index contributed by atoms with van der Waals surface area (Å²) in [5.74, 6) is -0.324. The van der Waals surface area contributed by atoms with Gasteiger partial charge in [0.05, 0.1) is 12.1 Å². The lowest BCUT2D eigenvalue weighted by atomic mass is 10.1. The van der Waals surface area contributed by atoms with Crippen molar-refractivity contribution in [3.8, 4) is 0 Å². The van der Waals surface area contributed by atoms with Gasteiger partial charge in [0, 0.05) is 12.4 Å². The van der Waals surface area contributed by atoms with Gasteiger partial charge in [0.25, 0.3) is 0 Å². The fraction of sp³-hybridized carbons (Fsp3) is 0.133. The molecule has 0 fully saturated rings. The summed E-state index contributed by atoms with van der Waals surface area (Å²) >= 11 is 0. The highest BCUT2D eigenvalue weighted by Gasteiger charge is 2.10. The van der Waals surface area contributed by atoms with E-state index in [9.17, 15) is 4.79 Å². The molecule has 9 heteroatoms. The minimum Gasteiger partial charge on any atom is -0.454 e. The van der Waals surface area contributed by atoms with Gasteiger partial charge in [-0.25, -0.2) is 4.79 Å². The lowest BCUT2D eigenvalue weighted by Crippen LogP contribution is -2.11. The molecule has 0 atom stereocenters. The second kappa shape index (κ2) is 6.73. The average molecular weight is 325 g/mol. The van der Waals surface area contributed by atoms with Crippen LogP contribution in [0.25, 0.3) is 0 Å². The number of carbonyl (C=O) groups excluding carboxylic acids is 1. The van der Waals surface area contributed by atoms with Gasteiger partial charge in [0.15, 0.2) is 12.4 Å². The number of nitrogen functional groups attached to an aromatic ring is 2. The van der Waals surface area contributed by atoms with Crippen molar-refractivity contribution in [3.05, 3.63) is 59.7 Å². The van der Waals surface area contributed by atoms with Crippen molar-refractivity contribution in [2.45, 2.75) is 13.2 Å². The van der Waals surface area contributed by atoms with Crippen molar-refractivity contribution in [1.29, 1.82) is 0 Å². The molecule has 0 saturated heterocycles. The SMILES string of the molecule is Nc1nc(N)nc(COC(=O)c2ccc(Cn3cccn3)cc2)n1. The minimum absolute atomic E-state index is 0.0171. The topological polar surface area (TPSA) is 135 Å². The number of aromatic nitrogens is 5. The third kappa shape index (κ3) is 3.83. The third-order valence-corrected chi connectivity index (χ3v) is 3.14. The van der Waals surface area contributed by atoms with Crippen molar-refractivity contribution in [1.82, 2.24) is 24.7 Å². The molecule has 9 nitrogen and oxygen atoms in total. The number of carbonyl (C=O) groups is 1. The molecule has 0 radical (unpaired) electrons. The van der Waals surface area contributed by atoms with E-state index in [1.807, 2.05) is 24.4 Å². The van der Waals surface area contributed by atoms with Crippen LogP contribution < -0.4 is 11.5 Å². The van der Waals surface area contributed by atoms with E-state index in [4.69, 9.17) is 16.2 Å². The molecular formula is C15H15N7O2. The van der Waals surface area contributed by atoms with Crippen LogP contribution >= 0.6 is 0 Å². The molecule has 122 valence electrons. The zero-order valence-electron chi connectivity index (χ0n) is 12.7. The standard InChI is InChI=1S/C15H15N7O2/c16-14-19-12(20-15(17)21-14)9-24-13(23)11-4-2-10(3-5-11)8-22-7-1-6-18-22/h1-7H,8-9H2,(H4,16,17,19,20,21). The molecule has 3 aromatic rings. The average Bonchev–Trinajstić information content (AvgIpc) is 3.05. The summed E-state index contributed by atoms with van der Waals surface area (Å²) in [4.78, 5) is 23.4. The lowest BCUT2D eigenvalue weighted by Gasteiger charge is -2.06. The number of nitrogens with two attached hydrogens (primary N) is 2. The molecular weight excluding hydrogens is 310 g/mol. The first-order chi connectivity index (χ1) is 11.6. The highest BCUT2D eigenvalue weighted by atomic mass is 16.5. The highest BCUT2D eigenvalue weighted by Crippen LogP contribution is 2.09. The number of ether oxygens (including phenoxy) is 1. The van der Waals surface area contributed by atoms with Gasteiger partial charge >= 0.3 is 5.97 Å².